The van der Waals surface area contributed by atoms with Crippen LogP contribution in [0.3, 0.4) is 0 Å². The summed E-state index contributed by atoms with van der Waals surface area (Å²) in [5, 5.41) is 3.46. The molecule has 2 heterocycles. The molecule has 4 heteroatoms. The second-order valence-electron chi connectivity index (χ2n) is 6.58. The molecule has 4 rings (SSSR count). The number of rotatable bonds is 5. The van der Waals surface area contributed by atoms with E-state index in [2.05, 4.69) is 56.6 Å². The van der Waals surface area contributed by atoms with E-state index in [1.807, 2.05) is 0 Å². The Morgan fingerprint density at radius 2 is 2.04 bits per heavy atom. The molecule has 24 heavy (non-hydrogen) atoms. The van der Waals surface area contributed by atoms with Gasteiger partial charge >= 0.3 is 0 Å². The maximum Gasteiger partial charge on any atom is 0.138 e. The minimum Gasteiger partial charge on any atom is -0.370 e. The Kier molecular flexibility index (Phi) is 4.45. The smallest absolute Gasteiger partial charge is 0.138 e. The molecule has 124 valence electrons. The Morgan fingerprint density at radius 1 is 1.08 bits per heavy atom. The molecule has 0 spiro atoms. The Morgan fingerprint density at radius 3 is 2.96 bits per heavy atom. The molecule has 0 saturated carbocycles. The van der Waals surface area contributed by atoms with Crippen LogP contribution in [0, 0.1) is 0 Å². The lowest BCUT2D eigenvalue weighted by molar-refractivity contribution is 0.679. The molecule has 0 atom stereocenters. The van der Waals surface area contributed by atoms with Crippen molar-refractivity contribution in [2.45, 2.75) is 38.5 Å². The second kappa shape index (κ2) is 7.04. The minimum absolute atomic E-state index is 0.917. The van der Waals surface area contributed by atoms with E-state index in [4.69, 9.17) is 0 Å². The Bertz CT molecular complexity index is 738. The summed E-state index contributed by atoms with van der Waals surface area (Å²) in [5.74, 6) is 1.90. The van der Waals surface area contributed by atoms with Crippen molar-refractivity contribution in [2.24, 2.45) is 0 Å². The molecule has 0 amide bonds. The molecule has 1 N–H and O–H groups in total. The number of nitrogens with one attached hydrogen (secondary N) is 1. The third-order valence-corrected chi connectivity index (χ3v) is 4.95. The van der Waals surface area contributed by atoms with Gasteiger partial charge in [0.1, 0.15) is 18.0 Å². The van der Waals surface area contributed by atoms with Crippen molar-refractivity contribution >= 4 is 17.3 Å². The summed E-state index contributed by atoms with van der Waals surface area (Å²) in [6.07, 6.45) is 11.5. The van der Waals surface area contributed by atoms with E-state index in [9.17, 15) is 0 Å². The van der Waals surface area contributed by atoms with Crippen molar-refractivity contribution in [1.29, 1.82) is 0 Å². The van der Waals surface area contributed by atoms with Gasteiger partial charge in [0, 0.05) is 24.8 Å². The standard InChI is InChI=1S/C20H24N4/c1-2-6-16(7-3-1)10-12-21-19-14-20(23-15-22-19)24-13-11-17-8-4-5-9-18(17)24/h4-6,8-9,14-15H,1-3,7,10-13H2,(H,21,22,23). The van der Waals surface area contributed by atoms with Gasteiger partial charge in [0.15, 0.2) is 0 Å². The quantitative estimate of drug-likeness (QED) is 0.825. The minimum atomic E-state index is 0.917. The molecule has 1 aromatic heterocycles. The van der Waals surface area contributed by atoms with Gasteiger partial charge in [-0.3, -0.25) is 0 Å². The summed E-state index contributed by atoms with van der Waals surface area (Å²) < 4.78 is 0. The second-order valence-corrected chi connectivity index (χ2v) is 6.58. The number of benzene rings is 1. The van der Waals surface area contributed by atoms with Crippen LogP contribution in [0.15, 0.2) is 48.3 Å². The number of nitrogens with zero attached hydrogens (tertiary/aromatic N) is 3. The van der Waals surface area contributed by atoms with Gasteiger partial charge in [-0.15, -0.1) is 0 Å². The van der Waals surface area contributed by atoms with E-state index >= 15 is 0 Å². The van der Waals surface area contributed by atoms with Crippen molar-refractivity contribution in [1.82, 2.24) is 9.97 Å². The highest BCUT2D eigenvalue weighted by molar-refractivity contribution is 5.68. The average molecular weight is 320 g/mol. The van der Waals surface area contributed by atoms with E-state index in [1.165, 1.54) is 36.9 Å². The summed E-state index contributed by atoms with van der Waals surface area (Å²) in [5.41, 5.74) is 4.26. The monoisotopic (exact) mass is 320 g/mol. The van der Waals surface area contributed by atoms with Gasteiger partial charge in [-0.2, -0.15) is 0 Å². The number of aromatic nitrogens is 2. The van der Waals surface area contributed by atoms with Crippen LogP contribution in [-0.2, 0) is 6.42 Å². The lowest BCUT2D eigenvalue weighted by Gasteiger charge is -2.19. The Balaban J connectivity index is 1.42. The van der Waals surface area contributed by atoms with E-state index in [0.717, 1.165) is 37.6 Å². The van der Waals surface area contributed by atoms with Crippen LogP contribution in [-0.4, -0.2) is 23.1 Å². The van der Waals surface area contributed by atoms with Gasteiger partial charge < -0.3 is 10.2 Å². The topological polar surface area (TPSA) is 41.0 Å². The lowest BCUT2D eigenvalue weighted by Crippen LogP contribution is -2.15. The number of hydrogen-bond acceptors (Lipinski definition) is 4. The fourth-order valence-electron chi connectivity index (χ4n) is 3.65. The van der Waals surface area contributed by atoms with Crippen LogP contribution in [0.25, 0.3) is 0 Å². The third kappa shape index (κ3) is 3.28. The van der Waals surface area contributed by atoms with Crippen LogP contribution in [0.1, 0.15) is 37.7 Å². The summed E-state index contributed by atoms with van der Waals surface area (Å²) in [4.78, 5) is 11.1. The van der Waals surface area contributed by atoms with E-state index in [1.54, 1.807) is 11.9 Å². The lowest BCUT2D eigenvalue weighted by atomic mass is 9.97. The van der Waals surface area contributed by atoms with Crippen LogP contribution in [0.2, 0.25) is 0 Å². The molecule has 0 saturated heterocycles. The van der Waals surface area contributed by atoms with Gasteiger partial charge in [0.05, 0.1) is 0 Å². The van der Waals surface area contributed by atoms with Crippen LogP contribution in [0.4, 0.5) is 17.3 Å². The van der Waals surface area contributed by atoms with E-state index in [0.29, 0.717) is 0 Å². The zero-order valence-electron chi connectivity index (χ0n) is 14.0. The fourth-order valence-corrected chi connectivity index (χ4v) is 3.65. The van der Waals surface area contributed by atoms with E-state index in [-0.39, 0.29) is 0 Å². The van der Waals surface area contributed by atoms with Crippen molar-refractivity contribution < 1.29 is 0 Å². The molecular formula is C20H24N4. The number of allylic oxidation sites excluding steroid dienone is 1. The number of hydrogen-bond donors (Lipinski definition) is 1. The molecule has 1 aliphatic heterocycles. The van der Waals surface area contributed by atoms with Gasteiger partial charge in [0.25, 0.3) is 0 Å². The number of fused-ring (bicyclic) bond motifs is 1. The zero-order valence-corrected chi connectivity index (χ0v) is 14.0. The number of anilines is 3. The summed E-state index contributed by atoms with van der Waals surface area (Å²) in [6, 6.07) is 10.6. The van der Waals surface area contributed by atoms with Crippen LogP contribution < -0.4 is 10.2 Å². The average Bonchev–Trinajstić information content (AvgIpc) is 3.07. The molecule has 1 aliphatic carbocycles. The first-order valence-corrected chi connectivity index (χ1v) is 8.99. The maximum atomic E-state index is 4.48. The molecule has 0 unspecified atom stereocenters. The predicted molar refractivity (Wildman–Crippen MR) is 98.8 cm³/mol. The van der Waals surface area contributed by atoms with Crippen LogP contribution in [0.5, 0.6) is 0 Å². The van der Waals surface area contributed by atoms with Gasteiger partial charge in [-0.05, 0) is 50.2 Å². The van der Waals surface area contributed by atoms with Gasteiger partial charge in [-0.1, -0.05) is 29.8 Å². The molecular weight excluding hydrogens is 296 g/mol. The van der Waals surface area contributed by atoms with Crippen molar-refractivity contribution in [3.05, 3.63) is 53.9 Å². The highest BCUT2D eigenvalue weighted by atomic mass is 15.2. The zero-order chi connectivity index (χ0) is 16.2. The SMILES string of the molecule is C1=C(CCNc2cc(N3CCc4ccccc43)ncn2)CCCC1. The normalized spacial score (nSPS) is 16.7. The highest BCUT2D eigenvalue weighted by Crippen LogP contribution is 2.33. The molecule has 1 aromatic carbocycles. The van der Waals surface area contributed by atoms with Gasteiger partial charge in [0.2, 0.25) is 0 Å². The molecule has 2 aromatic rings. The molecule has 4 nitrogen and oxygen atoms in total. The number of para-hydroxylation sites is 1. The molecule has 0 fully saturated rings. The first-order valence-electron chi connectivity index (χ1n) is 8.99. The van der Waals surface area contributed by atoms with Crippen LogP contribution >= 0.6 is 0 Å². The summed E-state index contributed by atoms with van der Waals surface area (Å²) >= 11 is 0. The van der Waals surface area contributed by atoms with Crippen molar-refractivity contribution in [3.63, 3.8) is 0 Å². The highest BCUT2D eigenvalue weighted by Gasteiger charge is 2.20. The molecule has 0 radical (unpaired) electrons. The Hall–Kier alpha value is -2.36. The first-order chi connectivity index (χ1) is 11.9. The Labute approximate surface area is 143 Å². The maximum absolute atomic E-state index is 4.48. The van der Waals surface area contributed by atoms with Crippen molar-refractivity contribution in [2.75, 3.05) is 23.3 Å². The first kappa shape index (κ1) is 15.2. The predicted octanol–water partition coefficient (Wildman–Crippen LogP) is 4.47. The third-order valence-electron chi connectivity index (χ3n) is 4.95. The fraction of sp³-hybridized carbons (Fsp3) is 0.400. The van der Waals surface area contributed by atoms with Crippen molar-refractivity contribution in [3.8, 4) is 0 Å². The molecule has 2 aliphatic rings. The van der Waals surface area contributed by atoms with Gasteiger partial charge in [-0.25, -0.2) is 9.97 Å². The molecule has 0 bridgehead atoms. The summed E-state index contributed by atoms with van der Waals surface area (Å²) in [7, 11) is 0. The largest absolute Gasteiger partial charge is 0.370 e. The van der Waals surface area contributed by atoms with E-state index < -0.39 is 0 Å². The summed E-state index contributed by atoms with van der Waals surface area (Å²) in [6.45, 7) is 1.93.